The third kappa shape index (κ3) is 3.22. The van der Waals surface area contributed by atoms with Gasteiger partial charge in [0.25, 0.3) is 0 Å². The third-order valence-electron chi connectivity index (χ3n) is 4.76. The number of rotatable bonds is 5. The molecule has 1 aliphatic carbocycles. The Morgan fingerprint density at radius 3 is 2.78 bits per heavy atom. The van der Waals surface area contributed by atoms with Crippen LogP contribution in [0.2, 0.25) is 0 Å². The summed E-state index contributed by atoms with van der Waals surface area (Å²) in [5, 5.41) is 5.79. The van der Waals surface area contributed by atoms with E-state index in [1.807, 2.05) is 6.92 Å². The lowest BCUT2D eigenvalue weighted by Gasteiger charge is -2.15. The summed E-state index contributed by atoms with van der Waals surface area (Å²) in [5.41, 5.74) is 2.60. The van der Waals surface area contributed by atoms with Gasteiger partial charge < -0.3 is 15.6 Å². The van der Waals surface area contributed by atoms with E-state index in [-0.39, 0.29) is 17.5 Å². The summed E-state index contributed by atoms with van der Waals surface area (Å²) >= 11 is 0. The Kier molecular flexibility index (Phi) is 4.25. The maximum absolute atomic E-state index is 14.4. The van der Waals surface area contributed by atoms with Gasteiger partial charge in [-0.3, -0.25) is 4.79 Å². The lowest BCUT2D eigenvalue weighted by molar-refractivity contribution is -0.117. The average molecular weight is 371 g/mol. The summed E-state index contributed by atoms with van der Waals surface area (Å²) in [6, 6.07) is 2.13. The van der Waals surface area contributed by atoms with E-state index in [2.05, 4.69) is 25.6 Å². The van der Waals surface area contributed by atoms with Crippen LogP contribution in [0.25, 0.3) is 11.0 Å². The summed E-state index contributed by atoms with van der Waals surface area (Å²) in [6.07, 6.45) is 3.71. The van der Waals surface area contributed by atoms with Crippen molar-refractivity contribution in [2.24, 2.45) is 5.92 Å². The minimum atomic E-state index is -0.696. The van der Waals surface area contributed by atoms with Crippen LogP contribution in [0.3, 0.4) is 0 Å². The number of aryl methyl sites for hydroxylation is 2. The smallest absolute Gasteiger partial charge is 0.228 e. The molecule has 0 spiro atoms. The van der Waals surface area contributed by atoms with Crippen molar-refractivity contribution in [2.45, 2.75) is 33.1 Å². The quantitative estimate of drug-likeness (QED) is 0.628. The van der Waals surface area contributed by atoms with Gasteiger partial charge >= 0.3 is 0 Å². The molecule has 1 fully saturated rings. The van der Waals surface area contributed by atoms with Crippen LogP contribution in [-0.2, 0) is 11.2 Å². The second-order valence-corrected chi connectivity index (χ2v) is 6.72. The molecular formula is C19H19F2N5O. The van der Waals surface area contributed by atoms with Gasteiger partial charge in [-0.25, -0.2) is 18.7 Å². The molecule has 0 bridgehead atoms. The van der Waals surface area contributed by atoms with Crippen LogP contribution in [0.4, 0.5) is 26.1 Å². The SMILES string of the molecule is CCc1cc(F)cc(F)c1Nc1nc(NC(=O)C2CC2)c2[nH]cnc2c1C. The number of hydrogen-bond acceptors (Lipinski definition) is 4. The molecular weight excluding hydrogens is 352 g/mol. The fourth-order valence-electron chi connectivity index (χ4n) is 3.06. The Morgan fingerprint density at radius 2 is 2.07 bits per heavy atom. The van der Waals surface area contributed by atoms with E-state index in [1.165, 1.54) is 12.4 Å². The number of amides is 1. The Morgan fingerprint density at radius 1 is 1.30 bits per heavy atom. The fraction of sp³-hybridized carbons (Fsp3) is 0.316. The van der Waals surface area contributed by atoms with Gasteiger partial charge in [0, 0.05) is 17.5 Å². The molecule has 2 aromatic heterocycles. The summed E-state index contributed by atoms with van der Waals surface area (Å²) in [5.74, 6) is -0.688. The molecule has 2 heterocycles. The van der Waals surface area contributed by atoms with Gasteiger partial charge in [-0.05, 0) is 37.8 Å². The fourth-order valence-corrected chi connectivity index (χ4v) is 3.06. The average Bonchev–Trinajstić information content (AvgIpc) is 3.37. The highest BCUT2D eigenvalue weighted by atomic mass is 19.1. The van der Waals surface area contributed by atoms with Crippen LogP contribution in [0, 0.1) is 24.5 Å². The Bertz CT molecular complexity index is 1040. The van der Waals surface area contributed by atoms with E-state index in [4.69, 9.17) is 0 Å². The van der Waals surface area contributed by atoms with Crippen molar-refractivity contribution in [1.82, 2.24) is 15.0 Å². The Labute approximate surface area is 154 Å². The molecule has 0 aliphatic heterocycles. The lowest BCUT2D eigenvalue weighted by Crippen LogP contribution is -2.15. The Hall–Kier alpha value is -3.03. The van der Waals surface area contributed by atoms with Crippen molar-refractivity contribution in [3.63, 3.8) is 0 Å². The number of carbonyl (C=O) groups excluding carboxylic acids is 1. The zero-order valence-electron chi connectivity index (χ0n) is 15.0. The number of aromatic amines is 1. The standard InChI is InChI=1S/C19H19F2N5O/c1-3-10-6-12(20)7-13(21)15(10)24-17-9(2)14-16(23-8-22-14)18(25-17)26-19(27)11-4-5-11/h6-8,11H,3-5H2,1-2H3,(H,22,23)(H2,24,25,26,27). The van der Waals surface area contributed by atoms with Crippen molar-refractivity contribution in [2.75, 3.05) is 10.6 Å². The van der Waals surface area contributed by atoms with Crippen molar-refractivity contribution < 1.29 is 13.6 Å². The first-order valence-corrected chi connectivity index (χ1v) is 8.87. The number of anilines is 3. The maximum atomic E-state index is 14.4. The summed E-state index contributed by atoms with van der Waals surface area (Å²) in [4.78, 5) is 23.9. The van der Waals surface area contributed by atoms with Gasteiger partial charge in [0.05, 0.1) is 17.5 Å². The van der Waals surface area contributed by atoms with Crippen LogP contribution in [0.5, 0.6) is 0 Å². The Balaban J connectivity index is 1.78. The second-order valence-electron chi connectivity index (χ2n) is 6.72. The number of imidazole rings is 1. The summed E-state index contributed by atoms with van der Waals surface area (Å²) in [7, 11) is 0. The van der Waals surface area contributed by atoms with Crippen LogP contribution < -0.4 is 10.6 Å². The van der Waals surface area contributed by atoms with Crippen molar-refractivity contribution in [1.29, 1.82) is 0 Å². The maximum Gasteiger partial charge on any atom is 0.228 e. The first-order valence-electron chi connectivity index (χ1n) is 8.87. The van der Waals surface area contributed by atoms with E-state index >= 15 is 0 Å². The molecule has 140 valence electrons. The van der Waals surface area contributed by atoms with E-state index in [9.17, 15) is 13.6 Å². The van der Waals surface area contributed by atoms with Crippen LogP contribution >= 0.6 is 0 Å². The number of pyridine rings is 1. The molecule has 1 amide bonds. The lowest BCUT2D eigenvalue weighted by atomic mass is 10.1. The molecule has 1 aromatic carbocycles. The minimum absolute atomic E-state index is 0.0173. The molecule has 8 heteroatoms. The number of fused-ring (bicyclic) bond motifs is 1. The predicted molar refractivity (Wildman–Crippen MR) is 99.0 cm³/mol. The van der Waals surface area contributed by atoms with Crippen molar-refractivity contribution >= 4 is 34.3 Å². The monoisotopic (exact) mass is 371 g/mol. The van der Waals surface area contributed by atoms with Gasteiger partial charge in [0.2, 0.25) is 5.91 Å². The third-order valence-corrected chi connectivity index (χ3v) is 4.76. The zero-order valence-corrected chi connectivity index (χ0v) is 15.0. The van der Waals surface area contributed by atoms with Crippen LogP contribution in [0.15, 0.2) is 18.5 Å². The highest BCUT2D eigenvalue weighted by Gasteiger charge is 2.30. The summed E-state index contributed by atoms with van der Waals surface area (Å²) in [6.45, 7) is 3.62. The van der Waals surface area contributed by atoms with Crippen molar-refractivity contribution in [3.8, 4) is 0 Å². The number of nitrogens with zero attached hydrogens (tertiary/aromatic N) is 2. The van der Waals surface area contributed by atoms with Gasteiger partial charge in [-0.1, -0.05) is 6.92 Å². The van der Waals surface area contributed by atoms with E-state index < -0.39 is 11.6 Å². The molecule has 3 N–H and O–H groups in total. The van der Waals surface area contributed by atoms with Gasteiger partial charge in [0.1, 0.15) is 23.0 Å². The largest absolute Gasteiger partial charge is 0.342 e. The van der Waals surface area contributed by atoms with Gasteiger partial charge in [0.15, 0.2) is 5.82 Å². The first kappa shape index (κ1) is 17.4. The van der Waals surface area contributed by atoms with Crippen LogP contribution in [-0.4, -0.2) is 20.9 Å². The predicted octanol–water partition coefficient (Wildman–Crippen LogP) is 4.20. The molecule has 6 nitrogen and oxygen atoms in total. The molecule has 0 unspecified atom stereocenters. The molecule has 4 rings (SSSR count). The highest BCUT2D eigenvalue weighted by Crippen LogP contribution is 2.34. The number of halogens is 2. The highest BCUT2D eigenvalue weighted by molar-refractivity contribution is 6.01. The van der Waals surface area contributed by atoms with Crippen molar-refractivity contribution in [3.05, 3.63) is 41.2 Å². The number of H-pyrrole nitrogens is 1. The summed E-state index contributed by atoms with van der Waals surface area (Å²) < 4.78 is 27.9. The number of hydrogen-bond donors (Lipinski definition) is 3. The molecule has 0 radical (unpaired) electrons. The topological polar surface area (TPSA) is 82.7 Å². The minimum Gasteiger partial charge on any atom is -0.342 e. The number of nitrogens with one attached hydrogen (secondary N) is 3. The molecule has 3 aromatic rings. The number of benzene rings is 1. The van der Waals surface area contributed by atoms with Gasteiger partial charge in [-0.15, -0.1) is 0 Å². The molecule has 1 aliphatic rings. The molecule has 27 heavy (non-hydrogen) atoms. The van der Waals surface area contributed by atoms with E-state index in [0.717, 1.165) is 18.9 Å². The second kappa shape index (κ2) is 6.61. The molecule has 1 saturated carbocycles. The van der Waals surface area contributed by atoms with E-state index in [1.54, 1.807) is 6.92 Å². The normalized spacial score (nSPS) is 13.8. The molecule has 0 saturated heterocycles. The van der Waals surface area contributed by atoms with E-state index in [0.29, 0.717) is 40.2 Å². The van der Waals surface area contributed by atoms with Gasteiger partial charge in [-0.2, -0.15) is 0 Å². The molecule has 0 atom stereocenters. The number of aromatic nitrogens is 3. The number of carbonyl (C=O) groups is 1. The first-order chi connectivity index (χ1) is 13.0. The zero-order chi connectivity index (χ0) is 19.1. The van der Waals surface area contributed by atoms with Crippen LogP contribution in [0.1, 0.15) is 30.9 Å².